The Balaban J connectivity index is 1.55. The van der Waals surface area contributed by atoms with Crippen molar-refractivity contribution < 1.29 is 14.1 Å². The summed E-state index contributed by atoms with van der Waals surface area (Å²) >= 11 is 12.1. The summed E-state index contributed by atoms with van der Waals surface area (Å²) in [6.07, 6.45) is 3.73. The number of hydrogen-bond donors (Lipinski definition) is 1. The van der Waals surface area contributed by atoms with Gasteiger partial charge in [0.25, 0.3) is 5.69 Å². The predicted octanol–water partition coefficient (Wildman–Crippen LogP) is 7.88. The van der Waals surface area contributed by atoms with Crippen LogP contribution in [0.2, 0.25) is 10.0 Å². The van der Waals surface area contributed by atoms with E-state index in [2.05, 4.69) is 24.1 Å². The van der Waals surface area contributed by atoms with Gasteiger partial charge in [-0.25, -0.2) is 4.98 Å². The number of benzene rings is 3. The van der Waals surface area contributed by atoms with Crippen LogP contribution >= 0.6 is 23.2 Å². The number of nitro benzene ring substituents is 1. The Morgan fingerprint density at radius 2 is 1.91 bits per heavy atom. The zero-order chi connectivity index (χ0) is 25.1. The molecule has 0 saturated carbocycles. The lowest BCUT2D eigenvalue weighted by molar-refractivity contribution is -0.384. The van der Waals surface area contributed by atoms with Crippen molar-refractivity contribution in [1.29, 1.82) is 0 Å². The van der Waals surface area contributed by atoms with Gasteiger partial charge in [0.2, 0.25) is 11.8 Å². The van der Waals surface area contributed by atoms with Crippen LogP contribution in [0.15, 0.2) is 65.1 Å². The minimum Gasteiger partial charge on any atom is -0.436 e. The molecule has 0 saturated heterocycles. The molecule has 4 rings (SSSR count). The van der Waals surface area contributed by atoms with Gasteiger partial charge >= 0.3 is 0 Å². The third-order valence-corrected chi connectivity index (χ3v) is 6.31. The lowest BCUT2D eigenvalue weighted by Crippen LogP contribution is -2.08. The van der Waals surface area contributed by atoms with Crippen LogP contribution in [-0.2, 0) is 4.79 Å². The highest BCUT2D eigenvalue weighted by atomic mass is 35.5. The Kier molecular flexibility index (Phi) is 7.19. The van der Waals surface area contributed by atoms with Crippen LogP contribution in [0.5, 0.6) is 0 Å². The van der Waals surface area contributed by atoms with Crippen molar-refractivity contribution in [2.45, 2.75) is 26.2 Å². The summed E-state index contributed by atoms with van der Waals surface area (Å²) < 4.78 is 5.92. The van der Waals surface area contributed by atoms with E-state index in [1.54, 1.807) is 24.3 Å². The molecule has 9 heteroatoms. The molecule has 3 aromatic carbocycles. The first-order chi connectivity index (χ1) is 16.7. The minimum atomic E-state index is -0.581. The fraction of sp³-hybridized carbons (Fsp3) is 0.154. The van der Waals surface area contributed by atoms with Crippen molar-refractivity contribution in [2.75, 3.05) is 5.32 Å². The molecule has 0 aliphatic carbocycles. The highest BCUT2D eigenvalue weighted by molar-refractivity contribution is 6.34. The molecule has 1 aromatic heterocycles. The Labute approximate surface area is 211 Å². The van der Waals surface area contributed by atoms with E-state index in [4.69, 9.17) is 27.6 Å². The van der Waals surface area contributed by atoms with Gasteiger partial charge in [-0.2, -0.15) is 0 Å². The number of anilines is 1. The molecule has 0 aliphatic heterocycles. The number of oxazole rings is 1. The molecule has 0 aliphatic rings. The molecule has 1 amide bonds. The molecule has 1 heterocycles. The molecule has 0 bridgehead atoms. The standard InChI is InChI=1S/C26H21Cl2N3O4/c1-3-15(2)17-7-10-24-22(13-17)30-26(35-24)18-6-9-19(27)21(14-18)29-25(32)11-5-16-4-8-20(28)23(12-16)31(33)34/h4-15H,3H2,1-2H3,(H,29,32)/b11-5+/t15-/m0/s1. The van der Waals surface area contributed by atoms with Gasteiger partial charge in [-0.15, -0.1) is 0 Å². The monoisotopic (exact) mass is 509 g/mol. The molecule has 1 atom stereocenters. The molecule has 0 fully saturated rings. The largest absolute Gasteiger partial charge is 0.436 e. The molecule has 35 heavy (non-hydrogen) atoms. The zero-order valence-electron chi connectivity index (χ0n) is 18.9. The fourth-order valence-electron chi connectivity index (χ4n) is 3.48. The van der Waals surface area contributed by atoms with Crippen molar-refractivity contribution in [3.8, 4) is 11.5 Å². The molecule has 7 nitrogen and oxygen atoms in total. The van der Waals surface area contributed by atoms with E-state index in [-0.39, 0.29) is 10.7 Å². The smallest absolute Gasteiger partial charge is 0.288 e. The van der Waals surface area contributed by atoms with Gasteiger partial charge in [0.1, 0.15) is 10.5 Å². The van der Waals surface area contributed by atoms with E-state index in [9.17, 15) is 14.9 Å². The number of aromatic nitrogens is 1. The van der Waals surface area contributed by atoms with E-state index in [1.807, 2.05) is 18.2 Å². The van der Waals surface area contributed by atoms with Crippen molar-refractivity contribution in [3.05, 3.63) is 92.0 Å². The summed E-state index contributed by atoms with van der Waals surface area (Å²) in [4.78, 5) is 27.6. The van der Waals surface area contributed by atoms with E-state index in [0.29, 0.717) is 39.2 Å². The van der Waals surface area contributed by atoms with Gasteiger partial charge in [0.15, 0.2) is 5.58 Å². The molecule has 4 aromatic rings. The number of hydrogen-bond acceptors (Lipinski definition) is 5. The number of carbonyl (C=O) groups excluding carboxylic acids is 1. The number of nitro groups is 1. The van der Waals surface area contributed by atoms with Crippen molar-refractivity contribution in [1.82, 2.24) is 4.98 Å². The second-order valence-corrected chi connectivity index (χ2v) is 8.86. The SMILES string of the molecule is CC[C@H](C)c1ccc2oc(-c3ccc(Cl)c(NC(=O)/C=C/c4ccc(Cl)c([N+](=O)[O-])c4)c3)nc2c1. The maximum atomic E-state index is 12.5. The number of carbonyl (C=O) groups is 1. The average molecular weight is 510 g/mol. The first-order valence-electron chi connectivity index (χ1n) is 10.9. The second-order valence-electron chi connectivity index (χ2n) is 8.04. The number of rotatable bonds is 7. The Bertz CT molecular complexity index is 1460. The fourth-order valence-corrected chi connectivity index (χ4v) is 3.84. The summed E-state index contributed by atoms with van der Waals surface area (Å²) in [5.41, 5.74) is 3.89. The summed E-state index contributed by atoms with van der Waals surface area (Å²) in [6, 6.07) is 15.4. The van der Waals surface area contributed by atoms with Crippen molar-refractivity contribution in [3.63, 3.8) is 0 Å². The number of amides is 1. The first-order valence-corrected chi connectivity index (χ1v) is 11.6. The van der Waals surface area contributed by atoms with Gasteiger partial charge in [-0.1, -0.05) is 49.2 Å². The normalized spacial score (nSPS) is 12.2. The highest BCUT2D eigenvalue weighted by Crippen LogP contribution is 2.32. The molecular weight excluding hydrogens is 489 g/mol. The van der Waals surface area contributed by atoms with Crippen LogP contribution in [0, 0.1) is 10.1 Å². The van der Waals surface area contributed by atoms with Gasteiger partial charge in [-0.3, -0.25) is 14.9 Å². The van der Waals surface area contributed by atoms with E-state index < -0.39 is 10.8 Å². The van der Waals surface area contributed by atoms with Crippen LogP contribution in [0.1, 0.15) is 37.3 Å². The molecule has 0 radical (unpaired) electrons. The average Bonchev–Trinajstić information content (AvgIpc) is 3.27. The van der Waals surface area contributed by atoms with E-state index in [0.717, 1.165) is 11.9 Å². The van der Waals surface area contributed by atoms with Gasteiger partial charge < -0.3 is 9.73 Å². The molecule has 1 N–H and O–H groups in total. The summed E-state index contributed by atoms with van der Waals surface area (Å²) in [5.74, 6) is 0.374. The Morgan fingerprint density at radius 1 is 1.14 bits per heavy atom. The van der Waals surface area contributed by atoms with Gasteiger partial charge in [0, 0.05) is 17.7 Å². The Hall–Kier alpha value is -3.68. The Morgan fingerprint density at radius 3 is 2.66 bits per heavy atom. The van der Waals surface area contributed by atoms with Gasteiger partial charge in [0.05, 0.1) is 15.6 Å². The summed E-state index contributed by atoms with van der Waals surface area (Å²) in [7, 11) is 0. The highest BCUT2D eigenvalue weighted by Gasteiger charge is 2.14. The molecule has 0 spiro atoms. The lowest BCUT2D eigenvalue weighted by atomic mass is 9.98. The molecule has 178 valence electrons. The summed E-state index contributed by atoms with van der Waals surface area (Å²) in [5, 5.41) is 14.1. The van der Waals surface area contributed by atoms with E-state index >= 15 is 0 Å². The minimum absolute atomic E-state index is 0.0236. The zero-order valence-corrected chi connectivity index (χ0v) is 20.4. The number of nitrogens with zero attached hydrogens (tertiary/aromatic N) is 2. The molecule has 0 unspecified atom stereocenters. The summed E-state index contributed by atoms with van der Waals surface area (Å²) in [6.45, 7) is 4.31. The van der Waals surface area contributed by atoms with E-state index in [1.165, 1.54) is 29.8 Å². The predicted molar refractivity (Wildman–Crippen MR) is 139 cm³/mol. The maximum Gasteiger partial charge on any atom is 0.288 e. The third kappa shape index (κ3) is 5.53. The number of nitrogens with one attached hydrogen (secondary N) is 1. The first kappa shape index (κ1) is 24.4. The third-order valence-electron chi connectivity index (χ3n) is 5.66. The van der Waals surface area contributed by atoms with Crippen LogP contribution in [0.4, 0.5) is 11.4 Å². The lowest BCUT2D eigenvalue weighted by Gasteiger charge is -2.07. The van der Waals surface area contributed by atoms with Crippen molar-refractivity contribution in [2.24, 2.45) is 0 Å². The topological polar surface area (TPSA) is 98.3 Å². The van der Waals surface area contributed by atoms with Crippen LogP contribution < -0.4 is 5.32 Å². The van der Waals surface area contributed by atoms with Crippen LogP contribution in [0.25, 0.3) is 28.6 Å². The van der Waals surface area contributed by atoms with Crippen LogP contribution in [-0.4, -0.2) is 15.8 Å². The van der Waals surface area contributed by atoms with Gasteiger partial charge in [-0.05, 0) is 65.9 Å². The quantitative estimate of drug-likeness (QED) is 0.155. The second kappa shape index (κ2) is 10.3. The number of fused-ring (bicyclic) bond motifs is 1. The number of halogens is 2. The van der Waals surface area contributed by atoms with Crippen LogP contribution in [0.3, 0.4) is 0 Å². The molecular formula is C26H21Cl2N3O4. The maximum absolute atomic E-state index is 12.5. The van der Waals surface area contributed by atoms with Crippen molar-refractivity contribution >= 4 is 57.7 Å².